The van der Waals surface area contributed by atoms with Gasteiger partial charge in [0.1, 0.15) is 17.3 Å². The van der Waals surface area contributed by atoms with Crippen LogP contribution >= 0.6 is 0 Å². The molecule has 3 aromatic rings. The van der Waals surface area contributed by atoms with Gasteiger partial charge >= 0.3 is 0 Å². The van der Waals surface area contributed by atoms with Gasteiger partial charge in [-0.15, -0.1) is 0 Å². The number of piperidine rings is 1. The number of amides is 1. The first-order valence-electron chi connectivity index (χ1n) is 11.8. The lowest BCUT2D eigenvalue weighted by Gasteiger charge is -2.46. The molecule has 5 rings (SSSR count). The molecule has 1 atom stereocenters. The monoisotopic (exact) mass is 448 g/mol. The predicted molar refractivity (Wildman–Crippen MR) is 125 cm³/mol. The minimum absolute atomic E-state index is 0.00402. The highest BCUT2D eigenvalue weighted by molar-refractivity contribution is 5.95. The van der Waals surface area contributed by atoms with E-state index in [4.69, 9.17) is 9.47 Å². The number of hydrogen-bond donors (Lipinski definition) is 0. The number of likely N-dealkylation sites (tertiary alicyclic amines) is 1. The average molecular weight is 449 g/mol. The maximum atomic E-state index is 13.1. The number of para-hydroxylation sites is 1. The van der Waals surface area contributed by atoms with Crippen LogP contribution < -0.4 is 4.74 Å². The molecular weight excluding hydrogens is 419 g/mol. The van der Waals surface area contributed by atoms with Crippen molar-refractivity contribution >= 4 is 16.8 Å². The molecule has 1 spiro atoms. The molecule has 0 saturated carbocycles. The van der Waals surface area contributed by atoms with Crippen molar-refractivity contribution in [1.29, 1.82) is 0 Å². The molecule has 2 aliphatic heterocycles. The van der Waals surface area contributed by atoms with Crippen LogP contribution in [0.2, 0.25) is 0 Å². The molecular formula is C27H29FN2O3. The van der Waals surface area contributed by atoms with Crippen LogP contribution in [0.5, 0.6) is 5.75 Å². The number of carbonyl (C=O) groups excluding carboxylic acids is 1. The molecule has 0 radical (unpaired) electrons. The first-order chi connectivity index (χ1) is 16.1. The summed E-state index contributed by atoms with van der Waals surface area (Å²) in [6, 6.07) is 17.8. The standard InChI is InChI=1S/C27H29FN2O3/c28-22-6-8-23(9-7-22)32-17-11-20-12-18-33-27(19-20)13-15-30(16-14-27)26(31)25-10-5-21-3-1-2-4-24(21)29-25/h1-10,20H,11-19H2. The fourth-order valence-corrected chi connectivity index (χ4v) is 5.06. The Kier molecular flexibility index (Phi) is 6.27. The fourth-order valence-electron chi connectivity index (χ4n) is 5.06. The summed E-state index contributed by atoms with van der Waals surface area (Å²) < 4.78 is 25.1. The zero-order valence-corrected chi connectivity index (χ0v) is 18.7. The number of benzene rings is 2. The highest BCUT2D eigenvalue weighted by Crippen LogP contribution is 2.39. The zero-order valence-electron chi connectivity index (χ0n) is 18.7. The Morgan fingerprint density at radius 2 is 1.88 bits per heavy atom. The summed E-state index contributed by atoms with van der Waals surface area (Å²) >= 11 is 0. The van der Waals surface area contributed by atoms with Gasteiger partial charge in [-0.2, -0.15) is 0 Å². The first-order valence-corrected chi connectivity index (χ1v) is 11.8. The number of fused-ring (bicyclic) bond motifs is 1. The summed E-state index contributed by atoms with van der Waals surface area (Å²) in [5.41, 5.74) is 1.20. The number of carbonyl (C=O) groups is 1. The Morgan fingerprint density at radius 3 is 2.70 bits per heavy atom. The molecule has 2 fully saturated rings. The Morgan fingerprint density at radius 1 is 1.09 bits per heavy atom. The van der Waals surface area contributed by atoms with Crippen LogP contribution in [-0.4, -0.2) is 47.7 Å². The van der Waals surface area contributed by atoms with Crippen molar-refractivity contribution in [2.75, 3.05) is 26.3 Å². The van der Waals surface area contributed by atoms with Gasteiger partial charge in [0.05, 0.1) is 17.7 Å². The zero-order chi connectivity index (χ0) is 22.7. The fraction of sp³-hybridized carbons (Fsp3) is 0.407. The van der Waals surface area contributed by atoms with Crippen molar-refractivity contribution < 1.29 is 18.7 Å². The van der Waals surface area contributed by atoms with Gasteiger partial charge in [0.25, 0.3) is 5.91 Å². The van der Waals surface area contributed by atoms with E-state index in [-0.39, 0.29) is 17.3 Å². The molecule has 33 heavy (non-hydrogen) atoms. The van der Waals surface area contributed by atoms with Crippen LogP contribution in [0.25, 0.3) is 10.9 Å². The molecule has 6 heteroatoms. The highest BCUT2D eigenvalue weighted by atomic mass is 19.1. The summed E-state index contributed by atoms with van der Waals surface area (Å²) in [4.78, 5) is 19.5. The van der Waals surface area contributed by atoms with Gasteiger partial charge in [-0.25, -0.2) is 9.37 Å². The van der Waals surface area contributed by atoms with E-state index in [1.165, 1.54) is 12.1 Å². The predicted octanol–water partition coefficient (Wildman–Crippen LogP) is 5.24. The van der Waals surface area contributed by atoms with Gasteiger partial charge in [-0.3, -0.25) is 4.79 Å². The van der Waals surface area contributed by atoms with E-state index < -0.39 is 0 Å². The van der Waals surface area contributed by atoms with Gasteiger partial charge in [0.15, 0.2) is 0 Å². The van der Waals surface area contributed by atoms with Crippen LogP contribution in [0.1, 0.15) is 42.6 Å². The van der Waals surface area contributed by atoms with Gasteiger partial charge in [-0.05, 0) is 74.4 Å². The van der Waals surface area contributed by atoms with Gasteiger partial charge in [-0.1, -0.05) is 24.3 Å². The Hall–Kier alpha value is -2.99. The van der Waals surface area contributed by atoms with E-state index in [2.05, 4.69) is 4.98 Å². The number of rotatable bonds is 5. The molecule has 5 nitrogen and oxygen atoms in total. The molecule has 2 saturated heterocycles. The number of ether oxygens (including phenoxy) is 2. The summed E-state index contributed by atoms with van der Waals surface area (Å²) in [6.07, 6.45) is 4.67. The molecule has 1 amide bonds. The van der Waals surface area contributed by atoms with Crippen molar-refractivity contribution in [2.45, 2.75) is 37.7 Å². The first kappa shape index (κ1) is 21.8. The second-order valence-electron chi connectivity index (χ2n) is 9.16. The average Bonchev–Trinajstić information content (AvgIpc) is 2.85. The lowest BCUT2D eigenvalue weighted by molar-refractivity contribution is -0.125. The number of aromatic nitrogens is 1. The summed E-state index contributed by atoms with van der Waals surface area (Å²) in [5.74, 6) is 0.974. The third-order valence-electron chi connectivity index (χ3n) is 6.98. The number of pyridine rings is 1. The molecule has 172 valence electrons. The number of nitrogens with zero attached hydrogens (tertiary/aromatic N) is 2. The maximum absolute atomic E-state index is 13.1. The summed E-state index contributed by atoms with van der Waals surface area (Å²) in [5, 5.41) is 1.04. The Labute approximate surface area is 193 Å². The van der Waals surface area contributed by atoms with Crippen molar-refractivity contribution in [3.05, 3.63) is 72.2 Å². The highest BCUT2D eigenvalue weighted by Gasteiger charge is 2.41. The third-order valence-corrected chi connectivity index (χ3v) is 6.98. The lowest BCUT2D eigenvalue weighted by atomic mass is 9.78. The Balaban J connectivity index is 1.14. The molecule has 0 aliphatic carbocycles. The minimum Gasteiger partial charge on any atom is -0.494 e. The van der Waals surface area contributed by atoms with Crippen molar-refractivity contribution in [1.82, 2.24) is 9.88 Å². The second kappa shape index (κ2) is 9.48. The lowest BCUT2D eigenvalue weighted by Crippen LogP contribution is -2.51. The normalized spacial score (nSPS) is 20.2. The van der Waals surface area contributed by atoms with Crippen molar-refractivity contribution in [3.63, 3.8) is 0 Å². The van der Waals surface area contributed by atoms with E-state index >= 15 is 0 Å². The summed E-state index contributed by atoms with van der Waals surface area (Å²) in [6.45, 7) is 2.74. The molecule has 1 unspecified atom stereocenters. The molecule has 0 N–H and O–H groups in total. The minimum atomic E-state index is -0.255. The molecule has 0 bridgehead atoms. The van der Waals surface area contributed by atoms with Crippen LogP contribution in [0.15, 0.2) is 60.7 Å². The van der Waals surface area contributed by atoms with Crippen LogP contribution in [0, 0.1) is 11.7 Å². The quantitative estimate of drug-likeness (QED) is 0.535. The number of halogens is 1. The van der Waals surface area contributed by atoms with E-state index in [9.17, 15) is 9.18 Å². The maximum Gasteiger partial charge on any atom is 0.272 e. The van der Waals surface area contributed by atoms with Gasteiger partial charge in [0.2, 0.25) is 0 Å². The topological polar surface area (TPSA) is 51.7 Å². The number of hydrogen-bond acceptors (Lipinski definition) is 4. The van der Waals surface area contributed by atoms with Gasteiger partial charge < -0.3 is 14.4 Å². The molecule has 2 aromatic carbocycles. The van der Waals surface area contributed by atoms with Crippen molar-refractivity contribution in [2.24, 2.45) is 5.92 Å². The second-order valence-corrected chi connectivity index (χ2v) is 9.16. The smallest absolute Gasteiger partial charge is 0.272 e. The SMILES string of the molecule is O=C(c1ccc2ccccc2n1)N1CCC2(CC1)CC(CCOc1ccc(F)cc1)CCO2. The van der Waals surface area contributed by atoms with E-state index in [1.807, 2.05) is 41.3 Å². The largest absolute Gasteiger partial charge is 0.494 e. The van der Waals surface area contributed by atoms with E-state index in [0.717, 1.165) is 49.6 Å². The van der Waals surface area contributed by atoms with E-state index in [0.29, 0.717) is 37.1 Å². The Bertz CT molecular complexity index is 1110. The molecule has 1 aromatic heterocycles. The molecule has 3 heterocycles. The van der Waals surface area contributed by atoms with E-state index in [1.54, 1.807) is 12.1 Å². The van der Waals surface area contributed by atoms with Crippen LogP contribution in [0.3, 0.4) is 0 Å². The van der Waals surface area contributed by atoms with Crippen LogP contribution in [0.4, 0.5) is 4.39 Å². The van der Waals surface area contributed by atoms with Crippen LogP contribution in [-0.2, 0) is 4.74 Å². The third kappa shape index (κ3) is 5.01. The molecule has 2 aliphatic rings. The van der Waals surface area contributed by atoms with Gasteiger partial charge in [0, 0.05) is 25.1 Å². The van der Waals surface area contributed by atoms with Crippen molar-refractivity contribution in [3.8, 4) is 5.75 Å². The summed E-state index contributed by atoms with van der Waals surface area (Å²) in [7, 11) is 0.